The zero-order chi connectivity index (χ0) is 17.2. The van der Waals surface area contributed by atoms with Crippen molar-refractivity contribution in [3.8, 4) is 0 Å². The molecule has 5 nitrogen and oxygen atoms in total. The quantitative estimate of drug-likeness (QED) is 0.867. The highest BCUT2D eigenvalue weighted by molar-refractivity contribution is 7.89. The van der Waals surface area contributed by atoms with Gasteiger partial charge in [-0.15, -0.1) is 11.3 Å². The number of amides is 1. The van der Waals surface area contributed by atoms with Crippen LogP contribution in [0.3, 0.4) is 0 Å². The molecule has 0 saturated heterocycles. The van der Waals surface area contributed by atoms with Crippen molar-refractivity contribution in [3.05, 3.63) is 51.2 Å². The Labute approximate surface area is 140 Å². The number of aryl methyl sites for hydroxylation is 2. The van der Waals surface area contributed by atoms with Crippen LogP contribution in [0.1, 0.15) is 45.6 Å². The molecule has 0 spiro atoms. The molecule has 2 rings (SSSR count). The third-order valence-corrected chi connectivity index (χ3v) is 5.66. The Morgan fingerprint density at radius 2 is 2.04 bits per heavy atom. The number of thiophene rings is 1. The monoisotopic (exact) mass is 352 g/mol. The van der Waals surface area contributed by atoms with Gasteiger partial charge in [-0.05, 0) is 49.6 Å². The fourth-order valence-corrected chi connectivity index (χ4v) is 3.88. The Kier molecular flexibility index (Phi) is 5.23. The smallest absolute Gasteiger partial charge is 0.261 e. The summed E-state index contributed by atoms with van der Waals surface area (Å²) in [5.41, 5.74) is 1.86. The second kappa shape index (κ2) is 6.82. The second-order valence-electron chi connectivity index (χ2n) is 5.36. The Hall–Kier alpha value is -1.70. The average molecular weight is 352 g/mol. The standard InChI is InChI=1S/C16H20N2O3S2/c1-4-12-9-15(22-11(12)3)16(19)18-10(2)13-6-5-7-14(8-13)23(17,20)21/h5-10H,4H2,1-3H3,(H,18,19)(H2,17,20,21)/t10-/m1/s1. The van der Waals surface area contributed by atoms with Crippen LogP contribution < -0.4 is 10.5 Å². The predicted molar refractivity (Wildman–Crippen MR) is 92.1 cm³/mol. The maximum atomic E-state index is 12.3. The summed E-state index contributed by atoms with van der Waals surface area (Å²) >= 11 is 1.46. The number of sulfonamides is 1. The van der Waals surface area contributed by atoms with Crippen LogP contribution in [0.4, 0.5) is 0 Å². The van der Waals surface area contributed by atoms with Crippen molar-refractivity contribution in [3.63, 3.8) is 0 Å². The second-order valence-corrected chi connectivity index (χ2v) is 8.18. The first-order valence-corrected chi connectivity index (χ1v) is 9.61. The van der Waals surface area contributed by atoms with E-state index in [-0.39, 0.29) is 16.8 Å². The van der Waals surface area contributed by atoms with Crippen molar-refractivity contribution in [2.75, 3.05) is 0 Å². The molecular weight excluding hydrogens is 332 g/mol. The molecule has 1 heterocycles. The lowest BCUT2D eigenvalue weighted by Crippen LogP contribution is -2.26. The van der Waals surface area contributed by atoms with Crippen LogP contribution in [-0.4, -0.2) is 14.3 Å². The summed E-state index contributed by atoms with van der Waals surface area (Å²) in [6.07, 6.45) is 0.890. The Bertz CT molecular complexity index is 826. The van der Waals surface area contributed by atoms with Crippen molar-refractivity contribution < 1.29 is 13.2 Å². The average Bonchev–Trinajstić information content (AvgIpc) is 2.87. The van der Waals surface area contributed by atoms with E-state index in [1.54, 1.807) is 19.1 Å². The summed E-state index contributed by atoms with van der Waals surface area (Å²) in [5.74, 6) is -0.161. The number of hydrogen-bond acceptors (Lipinski definition) is 4. The third kappa shape index (κ3) is 4.19. The van der Waals surface area contributed by atoms with Gasteiger partial charge in [0.25, 0.3) is 5.91 Å². The lowest BCUT2D eigenvalue weighted by molar-refractivity contribution is 0.0944. The van der Waals surface area contributed by atoms with Gasteiger partial charge in [0.2, 0.25) is 10.0 Å². The molecule has 0 unspecified atom stereocenters. The summed E-state index contributed by atoms with van der Waals surface area (Å²) in [6, 6.07) is 7.87. The number of rotatable bonds is 5. The molecule has 0 bridgehead atoms. The van der Waals surface area contributed by atoms with Gasteiger partial charge in [-0.2, -0.15) is 0 Å². The van der Waals surface area contributed by atoms with E-state index in [0.717, 1.165) is 11.3 Å². The Morgan fingerprint density at radius 1 is 1.35 bits per heavy atom. The van der Waals surface area contributed by atoms with Gasteiger partial charge in [-0.25, -0.2) is 13.6 Å². The first-order valence-electron chi connectivity index (χ1n) is 7.25. The van der Waals surface area contributed by atoms with Crippen molar-refractivity contribution in [1.29, 1.82) is 0 Å². The van der Waals surface area contributed by atoms with Gasteiger partial charge in [0.1, 0.15) is 0 Å². The van der Waals surface area contributed by atoms with Gasteiger partial charge < -0.3 is 5.32 Å². The van der Waals surface area contributed by atoms with Gasteiger partial charge in [-0.1, -0.05) is 19.1 Å². The number of nitrogens with one attached hydrogen (secondary N) is 1. The zero-order valence-corrected chi connectivity index (χ0v) is 14.9. The maximum Gasteiger partial charge on any atom is 0.261 e. The Balaban J connectivity index is 2.18. The molecule has 1 aromatic heterocycles. The molecule has 124 valence electrons. The molecule has 0 saturated carbocycles. The molecule has 0 aliphatic heterocycles. The van der Waals surface area contributed by atoms with Crippen molar-refractivity contribution >= 4 is 27.3 Å². The number of nitrogens with two attached hydrogens (primary N) is 1. The molecule has 1 atom stereocenters. The van der Waals surface area contributed by atoms with Gasteiger partial charge >= 0.3 is 0 Å². The van der Waals surface area contributed by atoms with Crippen molar-refractivity contribution in [1.82, 2.24) is 5.32 Å². The van der Waals surface area contributed by atoms with Gasteiger partial charge in [0.15, 0.2) is 0 Å². The number of carbonyl (C=O) groups excluding carboxylic acids is 1. The van der Waals surface area contributed by atoms with Gasteiger partial charge in [0.05, 0.1) is 15.8 Å². The molecule has 0 aliphatic rings. The van der Waals surface area contributed by atoms with E-state index in [0.29, 0.717) is 10.4 Å². The fourth-order valence-electron chi connectivity index (χ4n) is 2.29. The molecule has 1 aromatic carbocycles. The third-order valence-electron chi connectivity index (χ3n) is 3.66. The highest BCUT2D eigenvalue weighted by Crippen LogP contribution is 2.23. The lowest BCUT2D eigenvalue weighted by Gasteiger charge is -2.14. The SMILES string of the molecule is CCc1cc(C(=O)N[C@H](C)c2cccc(S(N)(=O)=O)c2)sc1C. The summed E-state index contributed by atoms with van der Waals surface area (Å²) in [7, 11) is -3.76. The van der Waals surface area contributed by atoms with Crippen LogP contribution in [0.25, 0.3) is 0 Å². The fraction of sp³-hybridized carbons (Fsp3) is 0.312. The first kappa shape index (κ1) is 17.7. The van der Waals surface area contributed by atoms with E-state index in [1.807, 2.05) is 13.0 Å². The largest absolute Gasteiger partial charge is 0.345 e. The highest BCUT2D eigenvalue weighted by atomic mass is 32.2. The number of hydrogen-bond donors (Lipinski definition) is 2. The maximum absolute atomic E-state index is 12.3. The zero-order valence-electron chi connectivity index (χ0n) is 13.3. The predicted octanol–water partition coefficient (Wildman–Crippen LogP) is 2.76. The minimum Gasteiger partial charge on any atom is -0.345 e. The minimum absolute atomic E-state index is 0.0383. The lowest BCUT2D eigenvalue weighted by atomic mass is 10.1. The molecule has 0 radical (unpaired) electrons. The topological polar surface area (TPSA) is 89.3 Å². The van der Waals surface area contributed by atoms with Crippen LogP contribution in [0.5, 0.6) is 0 Å². The number of primary sulfonamides is 1. The van der Waals surface area contributed by atoms with E-state index in [1.165, 1.54) is 29.0 Å². The molecule has 0 aliphatic carbocycles. The first-order chi connectivity index (χ1) is 10.7. The molecule has 7 heteroatoms. The van der Waals surface area contributed by atoms with Crippen molar-refractivity contribution in [2.24, 2.45) is 5.14 Å². The number of benzene rings is 1. The summed E-state index contributed by atoms with van der Waals surface area (Å²) < 4.78 is 22.8. The van der Waals surface area contributed by atoms with Crippen LogP contribution in [0.2, 0.25) is 0 Å². The van der Waals surface area contributed by atoms with Gasteiger partial charge in [-0.3, -0.25) is 4.79 Å². The summed E-state index contributed by atoms with van der Waals surface area (Å²) in [5, 5.41) is 8.03. The van der Waals surface area contributed by atoms with E-state index in [2.05, 4.69) is 12.2 Å². The highest BCUT2D eigenvalue weighted by Gasteiger charge is 2.16. The molecular formula is C16H20N2O3S2. The Morgan fingerprint density at radius 3 is 2.61 bits per heavy atom. The summed E-state index contributed by atoms with van der Waals surface area (Å²) in [4.78, 5) is 14.2. The van der Waals surface area contributed by atoms with E-state index >= 15 is 0 Å². The van der Waals surface area contributed by atoms with E-state index < -0.39 is 10.0 Å². The molecule has 0 fully saturated rings. The number of carbonyl (C=O) groups is 1. The normalized spacial score (nSPS) is 12.9. The molecule has 2 aromatic rings. The molecule has 23 heavy (non-hydrogen) atoms. The van der Waals surface area contributed by atoms with Crippen LogP contribution in [0.15, 0.2) is 35.2 Å². The van der Waals surface area contributed by atoms with E-state index in [4.69, 9.17) is 5.14 Å². The van der Waals surface area contributed by atoms with Crippen LogP contribution in [-0.2, 0) is 16.4 Å². The van der Waals surface area contributed by atoms with Crippen LogP contribution in [0, 0.1) is 6.92 Å². The van der Waals surface area contributed by atoms with Crippen LogP contribution >= 0.6 is 11.3 Å². The molecule has 1 amide bonds. The minimum atomic E-state index is -3.76. The van der Waals surface area contributed by atoms with Crippen molar-refractivity contribution in [2.45, 2.75) is 38.1 Å². The van der Waals surface area contributed by atoms with Gasteiger partial charge in [0, 0.05) is 4.88 Å². The molecule has 3 N–H and O–H groups in total. The van der Waals surface area contributed by atoms with E-state index in [9.17, 15) is 13.2 Å². The summed E-state index contributed by atoms with van der Waals surface area (Å²) in [6.45, 7) is 5.86.